The summed E-state index contributed by atoms with van der Waals surface area (Å²) in [5.74, 6) is -0.196. The fourth-order valence-electron chi connectivity index (χ4n) is 3.01. The van der Waals surface area contributed by atoms with Crippen molar-refractivity contribution in [3.8, 4) is 0 Å². The predicted molar refractivity (Wildman–Crippen MR) is 91.3 cm³/mol. The Kier molecular flexibility index (Phi) is 5.19. The molecule has 132 valence electrons. The number of nitrogens with one attached hydrogen (secondary N) is 2. The number of anilines is 1. The Morgan fingerprint density at radius 1 is 1.25 bits per heavy atom. The second-order valence-corrected chi connectivity index (χ2v) is 8.44. The molecule has 2 aliphatic rings. The van der Waals surface area contributed by atoms with Crippen LogP contribution in [0.5, 0.6) is 0 Å². The maximum absolute atomic E-state index is 12.7. The lowest BCUT2D eigenvalue weighted by Gasteiger charge is -2.28. The highest BCUT2D eigenvalue weighted by molar-refractivity contribution is 7.89. The molecule has 7 nitrogen and oxygen atoms in total. The molecular weight excluding hydrogens is 330 g/mol. The van der Waals surface area contributed by atoms with Crippen LogP contribution in [-0.4, -0.2) is 62.8 Å². The van der Waals surface area contributed by atoms with Gasteiger partial charge in [-0.25, -0.2) is 8.42 Å². The van der Waals surface area contributed by atoms with Crippen molar-refractivity contribution in [3.05, 3.63) is 29.8 Å². The van der Waals surface area contributed by atoms with Crippen molar-refractivity contribution < 1.29 is 17.9 Å². The van der Waals surface area contributed by atoms with Gasteiger partial charge in [0, 0.05) is 25.3 Å². The van der Waals surface area contributed by atoms with Crippen LogP contribution in [0.2, 0.25) is 0 Å². The molecule has 2 fully saturated rings. The zero-order chi connectivity index (χ0) is 17.2. The Morgan fingerprint density at radius 3 is 2.58 bits per heavy atom. The number of nitrogens with zero attached hydrogens (tertiary/aromatic N) is 1. The first-order valence-electron chi connectivity index (χ1n) is 8.14. The fraction of sp³-hybridized carbons (Fsp3) is 0.562. The maximum Gasteiger partial charge on any atom is 0.241 e. The molecule has 0 radical (unpaired) electrons. The van der Waals surface area contributed by atoms with Gasteiger partial charge in [-0.2, -0.15) is 4.31 Å². The van der Waals surface area contributed by atoms with E-state index in [0.717, 1.165) is 5.56 Å². The molecule has 2 saturated heterocycles. The minimum Gasteiger partial charge on any atom is -0.379 e. The third kappa shape index (κ3) is 3.77. The summed E-state index contributed by atoms with van der Waals surface area (Å²) in [6.07, 6.45) is 0.289. The van der Waals surface area contributed by atoms with Crippen LogP contribution in [0.15, 0.2) is 24.3 Å². The van der Waals surface area contributed by atoms with Crippen molar-refractivity contribution in [1.29, 1.82) is 0 Å². The Labute approximate surface area is 142 Å². The molecule has 2 atom stereocenters. The molecule has 2 unspecified atom stereocenters. The summed E-state index contributed by atoms with van der Waals surface area (Å²) < 4.78 is 32.0. The van der Waals surface area contributed by atoms with E-state index in [0.29, 0.717) is 38.5 Å². The quantitative estimate of drug-likeness (QED) is 0.814. The van der Waals surface area contributed by atoms with Crippen LogP contribution in [0.3, 0.4) is 0 Å². The largest absolute Gasteiger partial charge is 0.379 e. The van der Waals surface area contributed by atoms with Crippen molar-refractivity contribution in [2.24, 2.45) is 0 Å². The number of carbonyl (C=O) groups is 1. The fourth-order valence-corrected chi connectivity index (χ4v) is 4.83. The van der Waals surface area contributed by atoms with Crippen LogP contribution in [-0.2, 0) is 19.6 Å². The molecule has 0 aliphatic carbocycles. The van der Waals surface area contributed by atoms with Crippen LogP contribution in [0.4, 0.5) is 5.69 Å². The van der Waals surface area contributed by atoms with Gasteiger partial charge in [0.15, 0.2) is 0 Å². The van der Waals surface area contributed by atoms with E-state index in [-0.39, 0.29) is 12.3 Å². The Hall–Kier alpha value is -1.48. The first-order valence-corrected chi connectivity index (χ1v) is 9.65. The minimum atomic E-state index is -3.40. The van der Waals surface area contributed by atoms with E-state index in [1.54, 1.807) is 0 Å². The number of ether oxygens (including phenoxy) is 1. The number of rotatable bonds is 4. The van der Waals surface area contributed by atoms with Crippen molar-refractivity contribution in [1.82, 2.24) is 9.62 Å². The molecule has 1 aromatic carbocycles. The van der Waals surface area contributed by atoms with E-state index in [1.165, 1.54) is 4.31 Å². The number of benzene rings is 1. The van der Waals surface area contributed by atoms with Crippen molar-refractivity contribution in [2.45, 2.75) is 24.6 Å². The van der Waals surface area contributed by atoms with Crippen molar-refractivity contribution >= 4 is 21.6 Å². The molecule has 8 heteroatoms. The van der Waals surface area contributed by atoms with Gasteiger partial charge in [-0.1, -0.05) is 17.7 Å². The molecular formula is C16H23N3O4S. The third-order valence-corrected chi connectivity index (χ3v) is 6.76. The van der Waals surface area contributed by atoms with E-state index in [9.17, 15) is 13.2 Å². The lowest BCUT2D eigenvalue weighted by Crippen LogP contribution is -2.45. The molecule has 0 spiro atoms. The van der Waals surface area contributed by atoms with Crippen LogP contribution in [0.25, 0.3) is 0 Å². The van der Waals surface area contributed by atoms with Crippen molar-refractivity contribution in [3.63, 3.8) is 0 Å². The SMILES string of the molecule is Cc1ccc(NC(=O)C2CC(S(=O)(=O)N3CCOCC3)CN2)cc1. The molecule has 0 saturated carbocycles. The highest BCUT2D eigenvalue weighted by atomic mass is 32.2. The van der Waals surface area contributed by atoms with Gasteiger partial charge in [0.25, 0.3) is 0 Å². The molecule has 0 aromatic heterocycles. The average Bonchev–Trinajstić information content (AvgIpc) is 3.09. The summed E-state index contributed by atoms with van der Waals surface area (Å²) in [5.41, 5.74) is 1.83. The van der Waals surface area contributed by atoms with E-state index < -0.39 is 21.3 Å². The summed E-state index contributed by atoms with van der Waals surface area (Å²) in [7, 11) is -3.40. The van der Waals surface area contributed by atoms with Gasteiger partial charge < -0.3 is 15.4 Å². The van der Waals surface area contributed by atoms with Gasteiger partial charge in [-0.05, 0) is 25.5 Å². The molecule has 0 bridgehead atoms. The van der Waals surface area contributed by atoms with Crippen LogP contribution < -0.4 is 10.6 Å². The highest BCUT2D eigenvalue weighted by Crippen LogP contribution is 2.21. The molecule has 2 aliphatic heterocycles. The number of hydrogen-bond donors (Lipinski definition) is 2. The van der Waals surface area contributed by atoms with Gasteiger partial charge in [-0.3, -0.25) is 4.79 Å². The Balaban J connectivity index is 1.60. The smallest absolute Gasteiger partial charge is 0.241 e. The summed E-state index contributed by atoms with van der Waals surface area (Å²) in [4.78, 5) is 12.3. The zero-order valence-electron chi connectivity index (χ0n) is 13.7. The van der Waals surface area contributed by atoms with Gasteiger partial charge in [0.2, 0.25) is 15.9 Å². The first kappa shape index (κ1) is 17.3. The predicted octanol–water partition coefficient (Wildman–Crippen LogP) is 0.326. The van der Waals surface area contributed by atoms with E-state index in [2.05, 4.69) is 10.6 Å². The Morgan fingerprint density at radius 2 is 1.92 bits per heavy atom. The number of amides is 1. The van der Waals surface area contributed by atoms with Crippen LogP contribution >= 0.6 is 0 Å². The topological polar surface area (TPSA) is 87.7 Å². The summed E-state index contributed by atoms with van der Waals surface area (Å²) in [6, 6.07) is 7.02. The van der Waals surface area contributed by atoms with Gasteiger partial charge in [-0.15, -0.1) is 0 Å². The standard InChI is InChI=1S/C16H23N3O4S/c1-12-2-4-13(5-3-12)18-16(20)15-10-14(11-17-15)24(21,22)19-6-8-23-9-7-19/h2-5,14-15,17H,6-11H2,1H3,(H,18,20). The number of aryl methyl sites for hydroxylation is 1. The summed E-state index contributed by atoms with van der Waals surface area (Å²) in [6.45, 7) is 3.91. The first-order chi connectivity index (χ1) is 11.5. The highest BCUT2D eigenvalue weighted by Gasteiger charge is 2.40. The lowest BCUT2D eigenvalue weighted by molar-refractivity contribution is -0.117. The molecule has 24 heavy (non-hydrogen) atoms. The Bertz CT molecular complexity index is 684. The zero-order valence-corrected chi connectivity index (χ0v) is 14.5. The average molecular weight is 353 g/mol. The summed E-state index contributed by atoms with van der Waals surface area (Å²) in [5, 5.41) is 5.30. The monoisotopic (exact) mass is 353 g/mol. The molecule has 1 aromatic rings. The molecule has 3 rings (SSSR count). The second-order valence-electron chi connectivity index (χ2n) is 6.23. The minimum absolute atomic E-state index is 0.196. The van der Waals surface area contributed by atoms with E-state index in [4.69, 9.17) is 4.74 Å². The van der Waals surface area contributed by atoms with Gasteiger partial charge >= 0.3 is 0 Å². The normalized spacial score (nSPS) is 25.5. The van der Waals surface area contributed by atoms with Gasteiger partial charge in [0.05, 0.1) is 24.5 Å². The maximum atomic E-state index is 12.7. The molecule has 2 N–H and O–H groups in total. The molecule has 2 heterocycles. The number of hydrogen-bond acceptors (Lipinski definition) is 5. The number of carbonyl (C=O) groups excluding carboxylic acids is 1. The molecule has 1 amide bonds. The van der Waals surface area contributed by atoms with E-state index >= 15 is 0 Å². The second kappa shape index (κ2) is 7.18. The lowest BCUT2D eigenvalue weighted by atomic mass is 10.2. The van der Waals surface area contributed by atoms with Crippen LogP contribution in [0, 0.1) is 6.92 Å². The number of sulfonamides is 1. The summed E-state index contributed by atoms with van der Waals surface area (Å²) >= 11 is 0. The third-order valence-electron chi connectivity index (χ3n) is 4.48. The number of morpholine rings is 1. The van der Waals surface area contributed by atoms with Crippen LogP contribution in [0.1, 0.15) is 12.0 Å². The van der Waals surface area contributed by atoms with Crippen molar-refractivity contribution in [2.75, 3.05) is 38.2 Å². The van der Waals surface area contributed by atoms with E-state index in [1.807, 2.05) is 31.2 Å². The van der Waals surface area contributed by atoms with Gasteiger partial charge in [0.1, 0.15) is 0 Å².